The van der Waals surface area contributed by atoms with E-state index in [9.17, 15) is 22.0 Å². The Hall–Kier alpha value is -3.51. The van der Waals surface area contributed by atoms with Crippen LogP contribution in [0.25, 0.3) is 11.1 Å². The maximum Gasteiger partial charge on any atom is 0.251 e. The van der Waals surface area contributed by atoms with Crippen molar-refractivity contribution in [3.05, 3.63) is 72.1 Å². The van der Waals surface area contributed by atoms with Crippen LogP contribution >= 0.6 is 0 Å². The number of hydrogen-bond donors (Lipinski definition) is 2. The first kappa shape index (κ1) is 27.5. The molecule has 1 aliphatic rings. The van der Waals surface area contributed by atoms with Gasteiger partial charge in [0.05, 0.1) is 24.2 Å². The highest BCUT2D eigenvalue weighted by Crippen LogP contribution is 2.31. The number of aromatic nitrogens is 3. The molecule has 0 aliphatic carbocycles. The monoisotopic (exact) mass is 544 g/mol. The number of benzene rings is 1. The van der Waals surface area contributed by atoms with Crippen LogP contribution in [0, 0.1) is 5.82 Å². The van der Waals surface area contributed by atoms with Gasteiger partial charge in [0.15, 0.2) is 0 Å². The Balaban J connectivity index is 1.41. The van der Waals surface area contributed by atoms with Crippen LogP contribution in [0.5, 0.6) is 0 Å². The van der Waals surface area contributed by atoms with Gasteiger partial charge in [0.25, 0.3) is 5.91 Å². The molecule has 2 N–H and O–H groups in total. The molecule has 1 saturated heterocycles. The summed E-state index contributed by atoms with van der Waals surface area (Å²) >= 11 is 0. The zero-order valence-corrected chi connectivity index (χ0v) is 22.2. The molecule has 0 radical (unpaired) electrons. The van der Waals surface area contributed by atoms with Gasteiger partial charge in [-0.3, -0.25) is 9.78 Å². The van der Waals surface area contributed by atoms with Gasteiger partial charge >= 0.3 is 0 Å². The van der Waals surface area contributed by atoms with E-state index in [2.05, 4.69) is 25.6 Å². The van der Waals surface area contributed by atoms with Crippen LogP contribution in [0.1, 0.15) is 36.3 Å². The first-order valence-corrected chi connectivity index (χ1v) is 14.0. The number of sulfonamides is 1. The second-order valence-electron chi connectivity index (χ2n) is 9.86. The number of hydrogen-bond acceptors (Lipinski definition) is 7. The van der Waals surface area contributed by atoms with Crippen LogP contribution < -0.4 is 10.6 Å². The number of halogens is 2. The predicted molar refractivity (Wildman–Crippen MR) is 140 cm³/mol. The lowest BCUT2D eigenvalue weighted by molar-refractivity contribution is 0.0896. The van der Waals surface area contributed by atoms with E-state index in [1.807, 2.05) is 6.07 Å². The number of amides is 1. The molecule has 12 heteroatoms. The SMILES string of the molecule is C[C@@H](F)C[C@](C)(CNc1ncc(-c2cccc(C(=O)NC3CN(S(C)(=O)=O)C3)c2)cn1)c1ncccc1F. The van der Waals surface area contributed by atoms with Crippen molar-refractivity contribution in [2.24, 2.45) is 0 Å². The summed E-state index contributed by atoms with van der Waals surface area (Å²) in [4.78, 5) is 25.5. The zero-order valence-electron chi connectivity index (χ0n) is 21.4. The van der Waals surface area contributed by atoms with Crippen LogP contribution in [0.4, 0.5) is 14.7 Å². The van der Waals surface area contributed by atoms with E-state index in [1.165, 1.54) is 29.6 Å². The molecule has 3 aromatic rings. The molecule has 0 saturated carbocycles. The van der Waals surface area contributed by atoms with E-state index in [0.717, 1.165) is 11.8 Å². The average Bonchev–Trinajstić information content (AvgIpc) is 2.84. The maximum atomic E-state index is 14.5. The first-order valence-electron chi connectivity index (χ1n) is 12.1. The molecule has 0 spiro atoms. The summed E-state index contributed by atoms with van der Waals surface area (Å²) in [5.41, 5.74) is 1.07. The molecule has 0 unspecified atom stereocenters. The summed E-state index contributed by atoms with van der Waals surface area (Å²) in [6, 6.07) is 9.50. The smallest absolute Gasteiger partial charge is 0.251 e. The Morgan fingerprint density at radius 3 is 2.50 bits per heavy atom. The molecule has 4 rings (SSSR count). The molecule has 0 bridgehead atoms. The van der Waals surface area contributed by atoms with E-state index >= 15 is 0 Å². The van der Waals surface area contributed by atoms with Crippen molar-refractivity contribution in [1.29, 1.82) is 0 Å². The quantitative estimate of drug-likeness (QED) is 0.403. The van der Waals surface area contributed by atoms with Crippen LogP contribution in [0.3, 0.4) is 0 Å². The third-order valence-electron chi connectivity index (χ3n) is 6.46. The number of nitrogens with one attached hydrogen (secondary N) is 2. The van der Waals surface area contributed by atoms with Crippen molar-refractivity contribution in [3.8, 4) is 11.1 Å². The first-order chi connectivity index (χ1) is 17.9. The standard InChI is InChI=1S/C26H30F2N6O3S/c1-17(27)11-26(2,23-22(28)8-5-9-29-23)16-32-25-30-12-20(13-31-25)18-6-4-7-19(10-18)24(35)33-21-14-34(15-21)38(3,36)37/h4-10,12-13,17,21H,11,14-16H2,1-3H3,(H,33,35)(H,30,31,32)/t17-,26-/m1/s1. The molecule has 2 aromatic heterocycles. The van der Waals surface area contributed by atoms with Crippen LogP contribution in [0.2, 0.25) is 0 Å². The highest BCUT2D eigenvalue weighted by Gasteiger charge is 2.34. The Kier molecular flexibility index (Phi) is 8.02. The molecule has 1 aliphatic heterocycles. The Morgan fingerprint density at radius 1 is 1.16 bits per heavy atom. The van der Waals surface area contributed by atoms with Crippen molar-refractivity contribution in [2.75, 3.05) is 31.2 Å². The summed E-state index contributed by atoms with van der Waals surface area (Å²) in [6.07, 6.45) is 4.71. The van der Waals surface area contributed by atoms with Gasteiger partial charge in [-0.05, 0) is 43.2 Å². The fourth-order valence-electron chi connectivity index (χ4n) is 4.45. The zero-order chi connectivity index (χ0) is 27.5. The summed E-state index contributed by atoms with van der Waals surface area (Å²) < 4.78 is 52.7. The second kappa shape index (κ2) is 11.1. The summed E-state index contributed by atoms with van der Waals surface area (Å²) in [5.74, 6) is -0.507. The summed E-state index contributed by atoms with van der Waals surface area (Å²) in [7, 11) is -3.25. The lowest BCUT2D eigenvalue weighted by Crippen LogP contribution is -2.60. The highest BCUT2D eigenvalue weighted by molar-refractivity contribution is 7.88. The van der Waals surface area contributed by atoms with Crippen LogP contribution in [-0.4, -0.2) is 71.7 Å². The van der Waals surface area contributed by atoms with Gasteiger partial charge in [-0.15, -0.1) is 0 Å². The minimum Gasteiger partial charge on any atom is -0.353 e. The fourth-order valence-corrected chi connectivity index (χ4v) is 5.36. The molecular formula is C26H30F2N6O3S. The minimum absolute atomic E-state index is 0.0635. The normalized spacial score (nSPS) is 16.8. The average molecular weight is 545 g/mol. The number of carbonyl (C=O) groups is 1. The second-order valence-corrected chi connectivity index (χ2v) is 11.8. The van der Waals surface area contributed by atoms with Crippen molar-refractivity contribution in [3.63, 3.8) is 0 Å². The van der Waals surface area contributed by atoms with Crippen LogP contribution in [0.15, 0.2) is 55.0 Å². The lowest BCUT2D eigenvalue weighted by Gasteiger charge is -2.37. The van der Waals surface area contributed by atoms with Crippen molar-refractivity contribution in [1.82, 2.24) is 24.6 Å². The van der Waals surface area contributed by atoms with E-state index in [4.69, 9.17) is 0 Å². The summed E-state index contributed by atoms with van der Waals surface area (Å²) in [6.45, 7) is 3.84. The number of nitrogens with zero attached hydrogens (tertiary/aromatic N) is 4. The molecule has 1 amide bonds. The molecule has 1 fully saturated rings. The Bertz CT molecular complexity index is 1400. The molecule has 1 aromatic carbocycles. The molecule has 2 atom stereocenters. The van der Waals surface area contributed by atoms with Gasteiger partial charge in [-0.1, -0.05) is 19.1 Å². The van der Waals surface area contributed by atoms with E-state index < -0.39 is 27.4 Å². The number of carbonyl (C=O) groups excluding carboxylic acids is 1. The van der Waals surface area contributed by atoms with Crippen LogP contribution in [-0.2, 0) is 15.4 Å². The Morgan fingerprint density at radius 2 is 1.87 bits per heavy atom. The Labute approximate surface area is 220 Å². The van der Waals surface area contributed by atoms with Crippen molar-refractivity contribution < 1.29 is 22.0 Å². The third kappa shape index (κ3) is 6.48. The van der Waals surface area contributed by atoms with Crippen molar-refractivity contribution in [2.45, 2.75) is 37.9 Å². The molecule has 38 heavy (non-hydrogen) atoms. The molecular weight excluding hydrogens is 514 g/mol. The maximum absolute atomic E-state index is 14.5. The van der Waals surface area contributed by atoms with E-state index in [-0.39, 0.29) is 49.6 Å². The van der Waals surface area contributed by atoms with Gasteiger partial charge in [0, 0.05) is 54.8 Å². The van der Waals surface area contributed by atoms with Gasteiger partial charge in [0.2, 0.25) is 16.0 Å². The van der Waals surface area contributed by atoms with E-state index in [0.29, 0.717) is 11.1 Å². The molecule has 9 nitrogen and oxygen atoms in total. The highest BCUT2D eigenvalue weighted by atomic mass is 32.2. The van der Waals surface area contributed by atoms with Gasteiger partial charge in [-0.25, -0.2) is 27.2 Å². The molecule has 3 heterocycles. The largest absolute Gasteiger partial charge is 0.353 e. The number of rotatable bonds is 10. The van der Waals surface area contributed by atoms with Gasteiger partial charge < -0.3 is 10.6 Å². The topological polar surface area (TPSA) is 117 Å². The number of pyridine rings is 1. The lowest BCUT2D eigenvalue weighted by atomic mass is 9.81. The number of anilines is 1. The molecule has 202 valence electrons. The van der Waals surface area contributed by atoms with E-state index in [1.54, 1.807) is 37.5 Å². The minimum atomic E-state index is -3.25. The van der Waals surface area contributed by atoms with Crippen molar-refractivity contribution >= 4 is 21.9 Å². The predicted octanol–water partition coefficient (Wildman–Crippen LogP) is 3.17. The van der Waals surface area contributed by atoms with Gasteiger partial charge in [-0.2, -0.15) is 4.31 Å². The fraction of sp³-hybridized carbons (Fsp3) is 0.385. The summed E-state index contributed by atoms with van der Waals surface area (Å²) in [5, 5.41) is 5.91. The number of alkyl halides is 1. The van der Waals surface area contributed by atoms with Gasteiger partial charge in [0.1, 0.15) is 5.82 Å². The third-order valence-corrected chi connectivity index (χ3v) is 7.70.